The summed E-state index contributed by atoms with van der Waals surface area (Å²) in [5.41, 5.74) is 1.86. The third-order valence-corrected chi connectivity index (χ3v) is 9.25. The molecule has 0 saturated carbocycles. The minimum atomic E-state index is -4.09. The largest absolute Gasteiger partial charge is 0.354 e. The predicted molar refractivity (Wildman–Crippen MR) is 148 cm³/mol. The molecule has 186 valence electrons. The van der Waals surface area contributed by atoms with Crippen molar-refractivity contribution in [2.24, 2.45) is 0 Å². The Morgan fingerprint density at radius 1 is 0.914 bits per heavy atom. The van der Waals surface area contributed by atoms with E-state index in [1.165, 1.54) is 18.2 Å². The maximum absolute atomic E-state index is 13.5. The van der Waals surface area contributed by atoms with Crippen LogP contribution in [-0.2, 0) is 20.6 Å². The van der Waals surface area contributed by atoms with Crippen LogP contribution in [0.15, 0.2) is 65.6 Å². The number of halogens is 4. The lowest BCUT2D eigenvalue weighted by atomic mass is 10.2. The van der Waals surface area contributed by atoms with Crippen LogP contribution in [0.4, 0.5) is 5.69 Å². The Morgan fingerprint density at radius 2 is 1.51 bits per heavy atom. The number of thioether (sulfide) groups is 1. The highest BCUT2D eigenvalue weighted by Crippen LogP contribution is 2.35. The zero-order valence-corrected chi connectivity index (χ0v) is 23.3. The average molecular weight is 592 g/mol. The van der Waals surface area contributed by atoms with Gasteiger partial charge in [-0.2, -0.15) is 11.8 Å². The topological polar surface area (TPSA) is 66.5 Å². The molecular formula is C24H22Cl4N2O3S2. The molecule has 3 rings (SSSR count). The SMILES string of the molecule is Cc1ccc(S(=O)(=O)N(CC(=O)NCCSCc2c(Cl)cccc2Cl)c2cccc(Cl)c2Cl)cc1. The molecule has 0 aliphatic rings. The highest BCUT2D eigenvalue weighted by atomic mass is 35.5. The van der Waals surface area contributed by atoms with Gasteiger partial charge in [0.25, 0.3) is 10.0 Å². The number of aryl methyl sites for hydroxylation is 1. The number of carbonyl (C=O) groups excluding carboxylic acids is 1. The van der Waals surface area contributed by atoms with E-state index in [-0.39, 0.29) is 20.6 Å². The van der Waals surface area contributed by atoms with Crippen LogP contribution in [0.5, 0.6) is 0 Å². The van der Waals surface area contributed by atoms with Gasteiger partial charge in [0.15, 0.2) is 0 Å². The zero-order chi connectivity index (χ0) is 25.6. The molecule has 0 aliphatic carbocycles. The number of hydrogen-bond acceptors (Lipinski definition) is 4. The molecule has 0 radical (unpaired) electrons. The summed E-state index contributed by atoms with van der Waals surface area (Å²) >= 11 is 26.4. The van der Waals surface area contributed by atoms with Crippen molar-refractivity contribution in [2.75, 3.05) is 23.1 Å². The van der Waals surface area contributed by atoms with E-state index in [9.17, 15) is 13.2 Å². The Labute approximate surface area is 229 Å². The van der Waals surface area contributed by atoms with Gasteiger partial charge in [-0.3, -0.25) is 9.10 Å². The van der Waals surface area contributed by atoms with Gasteiger partial charge in [-0.25, -0.2) is 8.42 Å². The minimum Gasteiger partial charge on any atom is -0.354 e. The van der Waals surface area contributed by atoms with Crippen molar-refractivity contribution in [2.45, 2.75) is 17.6 Å². The maximum atomic E-state index is 13.5. The Balaban J connectivity index is 1.70. The highest BCUT2D eigenvalue weighted by molar-refractivity contribution is 7.98. The molecule has 5 nitrogen and oxygen atoms in total. The molecule has 0 heterocycles. The van der Waals surface area contributed by atoms with Crippen LogP contribution < -0.4 is 9.62 Å². The van der Waals surface area contributed by atoms with Crippen LogP contribution in [0.2, 0.25) is 20.1 Å². The third-order valence-electron chi connectivity index (χ3n) is 4.97. The van der Waals surface area contributed by atoms with E-state index in [0.29, 0.717) is 28.1 Å². The zero-order valence-electron chi connectivity index (χ0n) is 18.6. The first-order valence-corrected chi connectivity index (χ1v) is 14.5. The Morgan fingerprint density at radius 3 is 2.17 bits per heavy atom. The second-order valence-electron chi connectivity index (χ2n) is 7.50. The number of benzene rings is 3. The summed E-state index contributed by atoms with van der Waals surface area (Å²) < 4.78 is 27.9. The normalized spacial score (nSPS) is 11.3. The van der Waals surface area contributed by atoms with Crippen molar-refractivity contribution in [3.8, 4) is 0 Å². The minimum absolute atomic E-state index is 0.0408. The quantitative estimate of drug-likeness (QED) is 0.262. The van der Waals surface area contributed by atoms with Gasteiger partial charge in [0, 0.05) is 28.1 Å². The van der Waals surface area contributed by atoms with Gasteiger partial charge in [-0.05, 0) is 48.9 Å². The number of anilines is 1. The molecule has 0 spiro atoms. The first-order valence-electron chi connectivity index (χ1n) is 10.4. The predicted octanol–water partition coefficient (Wildman–Crippen LogP) is 6.85. The Hall–Kier alpha value is -1.61. The summed E-state index contributed by atoms with van der Waals surface area (Å²) in [7, 11) is -4.09. The lowest BCUT2D eigenvalue weighted by Crippen LogP contribution is -2.41. The monoisotopic (exact) mass is 590 g/mol. The summed E-state index contributed by atoms with van der Waals surface area (Å²) in [6.45, 7) is 1.72. The molecule has 0 aromatic heterocycles. The van der Waals surface area contributed by atoms with E-state index in [2.05, 4.69) is 5.32 Å². The van der Waals surface area contributed by atoms with Crippen molar-refractivity contribution in [3.05, 3.63) is 91.9 Å². The first-order chi connectivity index (χ1) is 16.6. The number of hydrogen-bond donors (Lipinski definition) is 1. The fourth-order valence-corrected chi connectivity index (χ4v) is 6.59. The smallest absolute Gasteiger partial charge is 0.264 e. The number of carbonyl (C=O) groups is 1. The molecule has 1 N–H and O–H groups in total. The molecular weight excluding hydrogens is 570 g/mol. The van der Waals surface area contributed by atoms with Crippen molar-refractivity contribution >= 4 is 79.8 Å². The standard InChI is InChI=1S/C24H22Cl4N2O3S2/c1-16-8-10-17(11-9-16)35(32,33)30(22-7-3-6-21(27)24(22)28)14-23(31)29-12-13-34-15-18-19(25)4-2-5-20(18)26/h2-11H,12-15H2,1H3,(H,29,31). The lowest BCUT2D eigenvalue weighted by molar-refractivity contribution is -0.119. The van der Waals surface area contributed by atoms with Crippen LogP contribution in [0.1, 0.15) is 11.1 Å². The maximum Gasteiger partial charge on any atom is 0.264 e. The van der Waals surface area contributed by atoms with Gasteiger partial charge in [0.1, 0.15) is 6.54 Å². The summed E-state index contributed by atoms with van der Waals surface area (Å²) in [6, 6.07) is 16.3. The molecule has 11 heteroatoms. The second kappa shape index (κ2) is 12.6. The Kier molecular flexibility index (Phi) is 10.0. The van der Waals surface area contributed by atoms with Crippen LogP contribution in [0.3, 0.4) is 0 Å². The van der Waals surface area contributed by atoms with E-state index in [4.69, 9.17) is 46.4 Å². The summed E-state index contributed by atoms with van der Waals surface area (Å²) in [5, 5.41) is 4.16. The van der Waals surface area contributed by atoms with Gasteiger partial charge in [-0.15, -0.1) is 0 Å². The molecule has 1 amide bonds. The molecule has 0 bridgehead atoms. The van der Waals surface area contributed by atoms with Crippen molar-refractivity contribution in [3.63, 3.8) is 0 Å². The second-order valence-corrected chi connectivity index (χ2v) is 12.1. The molecule has 0 aliphatic heterocycles. The summed E-state index contributed by atoms with van der Waals surface area (Å²) in [5.74, 6) is 0.684. The molecule has 0 unspecified atom stereocenters. The third kappa shape index (κ3) is 7.21. The number of sulfonamides is 1. The molecule has 3 aromatic rings. The van der Waals surface area contributed by atoms with Gasteiger partial charge >= 0.3 is 0 Å². The van der Waals surface area contributed by atoms with Crippen molar-refractivity contribution < 1.29 is 13.2 Å². The fourth-order valence-electron chi connectivity index (χ4n) is 3.12. The fraction of sp³-hybridized carbons (Fsp3) is 0.208. The molecule has 0 saturated heterocycles. The van der Waals surface area contributed by atoms with Crippen LogP contribution in [0.25, 0.3) is 0 Å². The van der Waals surface area contributed by atoms with E-state index in [1.54, 1.807) is 54.2 Å². The van der Waals surface area contributed by atoms with Crippen LogP contribution >= 0.6 is 58.2 Å². The van der Waals surface area contributed by atoms with Crippen LogP contribution in [0, 0.1) is 6.92 Å². The number of amides is 1. The molecule has 35 heavy (non-hydrogen) atoms. The Bertz CT molecular complexity index is 1280. The average Bonchev–Trinajstić information content (AvgIpc) is 2.81. The summed E-state index contributed by atoms with van der Waals surface area (Å²) in [6.07, 6.45) is 0. The van der Waals surface area contributed by atoms with E-state index in [0.717, 1.165) is 15.4 Å². The lowest BCUT2D eigenvalue weighted by Gasteiger charge is -2.25. The van der Waals surface area contributed by atoms with E-state index >= 15 is 0 Å². The van der Waals surface area contributed by atoms with Crippen molar-refractivity contribution in [1.29, 1.82) is 0 Å². The van der Waals surface area contributed by atoms with E-state index < -0.39 is 22.5 Å². The molecule has 0 fully saturated rings. The number of rotatable bonds is 10. The summed E-state index contributed by atoms with van der Waals surface area (Å²) in [4.78, 5) is 12.8. The van der Waals surface area contributed by atoms with Crippen molar-refractivity contribution in [1.82, 2.24) is 5.32 Å². The van der Waals surface area contributed by atoms with Gasteiger partial charge in [-0.1, -0.05) is 76.2 Å². The number of nitrogens with one attached hydrogen (secondary N) is 1. The van der Waals surface area contributed by atoms with Gasteiger partial charge < -0.3 is 5.32 Å². The molecule has 0 atom stereocenters. The van der Waals surface area contributed by atoms with Crippen LogP contribution in [-0.4, -0.2) is 33.2 Å². The number of nitrogens with zero attached hydrogens (tertiary/aromatic N) is 1. The van der Waals surface area contributed by atoms with Gasteiger partial charge in [0.05, 0.1) is 20.6 Å². The van der Waals surface area contributed by atoms with Gasteiger partial charge in [0.2, 0.25) is 5.91 Å². The first kappa shape index (κ1) is 28.0. The van der Waals surface area contributed by atoms with E-state index in [1.807, 2.05) is 6.92 Å². The highest BCUT2D eigenvalue weighted by Gasteiger charge is 2.29. The molecule has 3 aromatic carbocycles.